The molecule has 24 heavy (non-hydrogen) atoms. The fraction of sp³-hybridized carbons (Fsp3) is 0.167. The van der Waals surface area contributed by atoms with Crippen LogP contribution in [0.4, 0.5) is 16.3 Å². The molecule has 122 valence electrons. The number of pyridine rings is 1. The number of hydrogen-bond acceptors (Lipinski definition) is 4. The minimum atomic E-state index is -0.312. The van der Waals surface area contributed by atoms with Gasteiger partial charge in [-0.25, -0.2) is 14.8 Å². The van der Waals surface area contributed by atoms with Crippen LogP contribution in [0.15, 0.2) is 54.2 Å². The van der Waals surface area contributed by atoms with Gasteiger partial charge in [0.05, 0.1) is 11.2 Å². The van der Waals surface area contributed by atoms with Crippen molar-refractivity contribution >= 4 is 28.9 Å². The predicted octanol–water partition coefficient (Wildman–Crippen LogP) is 4.64. The number of aromatic nitrogens is 2. The lowest BCUT2D eigenvalue weighted by Gasteiger charge is -2.12. The Kier molecular flexibility index (Phi) is 4.86. The second kappa shape index (κ2) is 7.23. The molecule has 2 N–H and O–H groups in total. The molecule has 0 radical (unpaired) electrons. The first-order chi connectivity index (χ1) is 11.6. The molecule has 0 aliphatic heterocycles. The zero-order chi connectivity index (χ0) is 16.9. The zero-order valence-electron chi connectivity index (χ0n) is 13.5. The maximum atomic E-state index is 12.0. The topological polar surface area (TPSA) is 66.9 Å². The maximum Gasteiger partial charge on any atom is 0.324 e. The summed E-state index contributed by atoms with van der Waals surface area (Å²) in [6.45, 7) is 4.19. The first-order valence-electron chi connectivity index (χ1n) is 7.62. The van der Waals surface area contributed by atoms with Crippen molar-refractivity contribution in [2.75, 3.05) is 10.6 Å². The number of urea groups is 1. The van der Waals surface area contributed by atoms with Crippen molar-refractivity contribution in [3.05, 3.63) is 70.3 Å². The van der Waals surface area contributed by atoms with E-state index in [1.165, 1.54) is 10.4 Å². The van der Waals surface area contributed by atoms with Gasteiger partial charge in [0.2, 0.25) is 0 Å². The number of carbonyl (C=O) groups excluding carboxylic acids is 1. The van der Waals surface area contributed by atoms with E-state index < -0.39 is 0 Å². The van der Waals surface area contributed by atoms with Crippen LogP contribution in [0, 0.1) is 6.92 Å². The second-order valence-corrected chi connectivity index (χ2v) is 6.33. The van der Waals surface area contributed by atoms with Gasteiger partial charge < -0.3 is 5.32 Å². The number of carbonyl (C=O) groups is 1. The highest BCUT2D eigenvalue weighted by atomic mass is 32.1. The number of amides is 2. The van der Waals surface area contributed by atoms with Crippen LogP contribution >= 0.6 is 11.3 Å². The van der Waals surface area contributed by atoms with Crippen LogP contribution in [0.1, 0.15) is 29.0 Å². The Hall–Kier alpha value is -2.73. The largest absolute Gasteiger partial charge is 0.324 e. The van der Waals surface area contributed by atoms with Gasteiger partial charge in [0.15, 0.2) is 0 Å². The molecule has 0 unspecified atom stereocenters. The maximum absolute atomic E-state index is 12.0. The molecular formula is C18H18N4OS. The summed E-state index contributed by atoms with van der Waals surface area (Å²) in [4.78, 5) is 21.6. The minimum Gasteiger partial charge on any atom is -0.308 e. The lowest BCUT2D eigenvalue weighted by atomic mass is 9.98. The van der Waals surface area contributed by atoms with Crippen LogP contribution < -0.4 is 10.6 Å². The molecule has 0 aliphatic rings. The summed E-state index contributed by atoms with van der Waals surface area (Å²) in [6.07, 6.45) is 1.63. The van der Waals surface area contributed by atoms with Crippen LogP contribution in [0.3, 0.4) is 0 Å². The van der Waals surface area contributed by atoms with E-state index in [1.807, 2.05) is 42.8 Å². The average molecular weight is 338 g/mol. The molecule has 0 aliphatic carbocycles. The summed E-state index contributed by atoms with van der Waals surface area (Å²) in [6, 6.07) is 12.9. The van der Waals surface area contributed by atoms with E-state index in [9.17, 15) is 4.79 Å². The molecule has 2 heterocycles. The Morgan fingerprint density at radius 1 is 1.08 bits per heavy atom. The Labute approximate surface area is 144 Å². The molecule has 5 nitrogen and oxygen atoms in total. The second-order valence-electron chi connectivity index (χ2n) is 5.44. The van der Waals surface area contributed by atoms with E-state index in [0.29, 0.717) is 5.82 Å². The third kappa shape index (κ3) is 3.78. The molecule has 0 saturated carbocycles. The fourth-order valence-electron chi connectivity index (χ4n) is 2.45. The molecule has 6 heteroatoms. The Morgan fingerprint density at radius 3 is 2.50 bits per heavy atom. The fourth-order valence-corrected chi connectivity index (χ4v) is 3.34. The smallest absolute Gasteiger partial charge is 0.308 e. The van der Waals surface area contributed by atoms with Crippen molar-refractivity contribution in [1.29, 1.82) is 0 Å². The minimum absolute atomic E-state index is 0.286. The molecule has 2 aromatic heterocycles. The van der Waals surface area contributed by atoms with Gasteiger partial charge in [0, 0.05) is 22.7 Å². The molecule has 2 amide bonds. The highest BCUT2D eigenvalue weighted by molar-refractivity contribution is 7.09. The van der Waals surface area contributed by atoms with Gasteiger partial charge in [-0.1, -0.05) is 25.1 Å². The summed E-state index contributed by atoms with van der Waals surface area (Å²) in [5.74, 6) is 0.801. The van der Waals surface area contributed by atoms with Crippen molar-refractivity contribution in [3.8, 4) is 0 Å². The quantitative estimate of drug-likeness (QED) is 0.728. The van der Waals surface area contributed by atoms with Crippen molar-refractivity contribution in [2.24, 2.45) is 0 Å². The van der Waals surface area contributed by atoms with Gasteiger partial charge in [-0.15, -0.1) is 11.3 Å². The van der Waals surface area contributed by atoms with Crippen LogP contribution in [-0.4, -0.2) is 16.0 Å². The number of rotatable bonds is 4. The third-order valence-corrected chi connectivity index (χ3v) is 4.86. The number of thiazole rings is 1. The molecule has 0 saturated heterocycles. The van der Waals surface area contributed by atoms with Gasteiger partial charge in [-0.05, 0) is 36.8 Å². The van der Waals surface area contributed by atoms with E-state index in [-0.39, 0.29) is 11.9 Å². The van der Waals surface area contributed by atoms with Crippen LogP contribution in [0.2, 0.25) is 0 Å². The summed E-state index contributed by atoms with van der Waals surface area (Å²) < 4.78 is 0. The van der Waals surface area contributed by atoms with E-state index in [4.69, 9.17) is 0 Å². The SMILES string of the molecule is Cc1ncsc1[C@@H](C)c1ccc(NC(=O)Nc2ccccn2)cc1. The highest BCUT2D eigenvalue weighted by Gasteiger charge is 2.13. The lowest BCUT2D eigenvalue weighted by Crippen LogP contribution is -2.19. The summed E-state index contributed by atoms with van der Waals surface area (Å²) in [5.41, 5.74) is 4.88. The Balaban J connectivity index is 1.64. The molecule has 0 fully saturated rings. The van der Waals surface area contributed by atoms with E-state index in [1.54, 1.807) is 29.7 Å². The summed E-state index contributed by atoms with van der Waals surface area (Å²) in [5, 5.41) is 5.49. The molecule has 1 atom stereocenters. The number of aryl methyl sites for hydroxylation is 1. The molecule has 3 aromatic rings. The van der Waals surface area contributed by atoms with Gasteiger partial charge >= 0.3 is 6.03 Å². The van der Waals surface area contributed by atoms with E-state index >= 15 is 0 Å². The lowest BCUT2D eigenvalue weighted by molar-refractivity contribution is 0.262. The Morgan fingerprint density at radius 2 is 1.88 bits per heavy atom. The molecular weight excluding hydrogens is 320 g/mol. The summed E-state index contributed by atoms with van der Waals surface area (Å²) in [7, 11) is 0. The standard InChI is InChI=1S/C18H18N4OS/c1-12(17-13(2)20-11-24-17)14-6-8-15(9-7-14)21-18(23)22-16-5-3-4-10-19-16/h3-12H,1-2H3,(H2,19,21,22,23)/t12-/m0/s1. The zero-order valence-corrected chi connectivity index (χ0v) is 14.3. The number of benzene rings is 1. The normalized spacial score (nSPS) is 11.8. The first kappa shape index (κ1) is 16.1. The molecule has 0 bridgehead atoms. The number of nitrogens with zero attached hydrogens (tertiary/aromatic N) is 2. The van der Waals surface area contributed by atoms with Crippen molar-refractivity contribution in [3.63, 3.8) is 0 Å². The molecule has 1 aromatic carbocycles. The van der Waals surface area contributed by atoms with E-state index in [0.717, 1.165) is 11.4 Å². The predicted molar refractivity (Wildman–Crippen MR) is 97.7 cm³/mol. The average Bonchev–Trinajstić information content (AvgIpc) is 3.02. The van der Waals surface area contributed by atoms with Crippen molar-refractivity contribution < 1.29 is 4.79 Å². The molecule has 0 spiro atoms. The monoisotopic (exact) mass is 338 g/mol. The van der Waals surface area contributed by atoms with Gasteiger partial charge in [0.1, 0.15) is 5.82 Å². The van der Waals surface area contributed by atoms with Gasteiger partial charge in [-0.2, -0.15) is 0 Å². The van der Waals surface area contributed by atoms with Gasteiger partial charge in [-0.3, -0.25) is 5.32 Å². The van der Waals surface area contributed by atoms with Crippen LogP contribution in [0.25, 0.3) is 0 Å². The van der Waals surface area contributed by atoms with Crippen molar-refractivity contribution in [1.82, 2.24) is 9.97 Å². The number of hydrogen-bond donors (Lipinski definition) is 2. The third-order valence-electron chi connectivity index (χ3n) is 3.75. The van der Waals surface area contributed by atoms with Crippen molar-refractivity contribution in [2.45, 2.75) is 19.8 Å². The summed E-state index contributed by atoms with van der Waals surface area (Å²) >= 11 is 1.67. The Bertz CT molecular complexity index is 815. The highest BCUT2D eigenvalue weighted by Crippen LogP contribution is 2.30. The van der Waals surface area contributed by atoms with E-state index in [2.05, 4.69) is 27.5 Å². The number of nitrogens with one attached hydrogen (secondary N) is 2. The van der Waals surface area contributed by atoms with Crippen LogP contribution in [-0.2, 0) is 0 Å². The van der Waals surface area contributed by atoms with Crippen LogP contribution in [0.5, 0.6) is 0 Å². The first-order valence-corrected chi connectivity index (χ1v) is 8.50. The van der Waals surface area contributed by atoms with Gasteiger partial charge in [0.25, 0.3) is 0 Å². The number of anilines is 2. The molecule has 3 rings (SSSR count).